The molecule has 35 heavy (non-hydrogen) atoms. The number of nitrogens with one attached hydrogen (secondary N) is 2. The van der Waals surface area contributed by atoms with Gasteiger partial charge in [-0.15, -0.1) is 11.3 Å². The van der Waals surface area contributed by atoms with E-state index in [4.69, 9.17) is 23.2 Å². The molecule has 0 spiro atoms. The highest BCUT2D eigenvalue weighted by Crippen LogP contribution is 2.34. The van der Waals surface area contributed by atoms with Crippen LogP contribution in [-0.2, 0) is 23.1 Å². The summed E-state index contributed by atoms with van der Waals surface area (Å²) in [6.07, 6.45) is 0. The van der Waals surface area contributed by atoms with Crippen molar-refractivity contribution < 1.29 is 13.2 Å². The maximum atomic E-state index is 13.4. The van der Waals surface area contributed by atoms with Gasteiger partial charge in [0, 0.05) is 35.5 Å². The molecule has 2 amide bonds. The number of hydrogen-bond donors (Lipinski definition) is 2. The number of amides is 2. The molecular weight excluding hydrogens is 531 g/mol. The zero-order valence-electron chi connectivity index (χ0n) is 18.2. The summed E-state index contributed by atoms with van der Waals surface area (Å²) in [6, 6.07) is 14.4. The molecule has 0 radical (unpaired) electrons. The van der Waals surface area contributed by atoms with Crippen molar-refractivity contribution in [3.05, 3.63) is 85.6 Å². The van der Waals surface area contributed by atoms with Crippen LogP contribution < -0.4 is 15.6 Å². The third-order valence-corrected chi connectivity index (χ3v) is 9.32. The number of halogens is 2. The van der Waals surface area contributed by atoms with Gasteiger partial charge >= 0.3 is 6.03 Å². The molecule has 0 saturated heterocycles. The van der Waals surface area contributed by atoms with E-state index in [1.165, 1.54) is 6.07 Å². The average Bonchev–Trinajstić information content (AvgIpc) is 3.37. The number of aromatic nitrogens is 1. The van der Waals surface area contributed by atoms with E-state index in [0.717, 1.165) is 34.5 Å². The van der Waals surface area contributed by atoms with Crippen molar-refractivity contribution in [1.82, 2.24) is 14.2 Å². The lowest BCUT2D eigenvalue weighted by atomic mass is 10.0. The van der Waals surface area contributed by atoms with Crippen molar-refractivity contribution in [3.63, 3.8) is 0 Å². The number of fused-ring (bicyclic) bond motifs is 3. The molecule has 0 aliphatic carbocycles. The number of anilines is 1. The van der Waals surface area contributed by atoms with Gasteiger partial charge in [0.1, 0.15) is 8.55 Å². The molecule has 5 rings (SSSR count). The Labute approximate surface area is 214 Å². The van der Waals surface area contributed by atoms with Gasteiger partial charge in [-0.1, -0.05) is 41.4 Å². The number of carbonyl (C=O) groups is 1. The second kappa shape index (κ2) is 8.96. The van der Waals surface area contributed by atoms with Crippen molar-refractivity contribution in [2.45, 2.75) is 17.3 Å². The zero-order valence-corrected chi connectivity index (χ0v) is 21.4. The van der Waals surface area contributed by atoms with Gasteiger partial charge in [0.15, 0.2) is 0 Å². The molecule has 3 heterocycles. The van der Waals surface area contributed by atoms with Gasteiger partial charge in [-0.3, -0.25) is 14.3 Å². The molecule has 1 aliphatic rings. The molecule has 4 aromatic rings. The van der Waals surface area contributed by atoms with E-state index in [1.54, 1.807) is 28.8 Å². The van der Waals surface area contributed by atoms with Gasteiger partial charge in [0.2, 0.25) is 0 Å². The molecule has 12 heteroatoms. The predicted molar refractivity (Wildman–Crippen MR) is 138 cm³/mol. The lowest BCUT2D eigenvalue weighted by Gasteiger charge is -2.15. The highest BCUT2D eigenvalue weighted by molar-refractivity contribution is 7.92. The van der Waals surface area contributed by atoms with E-state index in [0.29, 0.717) is 23.3 Å². The van der Waals surface area contributed by atoms with Gasteiger partial charge in [0.05, 0.1) is 5.02 Å². The maximum absolute atomic E-state index is 13.4. The van der Waals surface area contributed by atoms with Crippen molar-refractivity contribution in [2.24, 2.45) is 0 Å². The molecule has 8 nitrogen and oxygen atoms in total. The third-order valence-electron chi connectivity index (χ3n) is 5.65. The molecule has 2 aromatic heterocycles. The van der Waals surface area contributed by atoms with Gasteiger partial charge in [-0.05, 0) is 54.4 Å². The van der Waals surface area contributed by atoms with Crippen LogP contribution in [0.5, 0.6) is 0 Å². The minimum atomic E-state index is -4.13. The molecule has 2 N–H and O–H groups in total. The van der Waals surface area contributed by atoms with Crippen LogP contribution in [-0.4, -0.2) is 31.0 Å². The summed E-state index contributed by atoms with van der Waals surface area (Å²) < 4.78 is 28.4. The quantitative estimate of drug-likeness (QED) is 0.381. The Bertz CT molecular complexity index is 1630. The van der Waals surface area contributed by atoms with E-state index >= 15 is 0 Å². The Hall–Kier alpha value is -2.89. The number of nitrogens with zero attached hydrogens (tertiary/aromatic N) is 2. The monoisotopic (exact) mass is 548 g/mol. The largest absolute Gasteiger partial charge is 0.333 e. The maximum Gasteiger partial charge on any atom is 0.333 e. The molecule has 0 atom stereocenters. The first-order chi connectivity index (χ1) is 16.6. The van der Waals surface area contributed by atoms with E-state index < -0.39 is 16.1 Å². The minimum absolute atomic E-state index is 0.0923. The van der Waals surface area contributed by atoms with Crippen LogP contribution in [0, 0.1) is 0 Å². The number of urea groups is 1. The summed E-state index contributed by atoms with van der Waals surface area (Å²) in [5.41, 5.74) is 2.92. The fourth-order valence-corrected chi connectivity index (χ4v) is 6.93. The number of sulfonamides is 1. The predicted octanol–water partition coefficient (Wildman–Crippen LogP) is 4.81. The van der Waals surface area contributed by atoms with Crippen LogP contribution >= 0.6 is 34.5 Å². The first-order valence-corrected chi connectivity index (χ1v) is 13.4. The summed E-state index contributed by atoms with van der Waals surface area (Å²) in [5, 5.41) is 4.17. The first-order valence-electron chi connectivity index (χ1n) is 10.4. The van der Waals surface area contributed by atoms with E-state index in [-0.39, 0.29) is 19.1 Å². The Morgan fingerprint density at radius 3 is 2.37 bits per heavy atom. The molecule has 1 aliphatic heterocycles. The number of rotatable bonds is 4. The van der Waals surface area contributed by atoms with Crippen LogP contribution in [0.1, 0.15) is 11.3 Å². The van der Waals surface area contributed by atoms with Crippen LogP contribution in [0.25, 0.3) is 16.5 Å². The Morgan fingerprint density at radius 2 is 1.71 bits per heavy atom. The second-order valence-electron chi connectivity index (χ2n) is 8.08. The zero-order chi connectivity index (χ0) is 24.9. The molecule has 0 unspecified atom stereocenters. The smallest absolute Gasteiger partial charge is 0.307 e. The van der Waals surface area contributed by atoms with Crippen LogP contribution in [0.2, 0.25) is 9.36 Å². The van der Waals surface area contributed by atoms with Crippen molar-refractivity contribution in [2.75, 3.05) is 12.4 Å². The Balaban J connectivity index is 1.41. The normalized spacial score (nSPS) is 13.7. The number of pyridine rings is 1. The van der Waals surface area contributed by atoms with Crippen LogP contribution in [0.4, 0.5) is 10.5 Å². The molecule has 0 bridgehead atoms. The fourth-order valence-electron chi connectivity index (χ4n) is 4.15. The second-order valence-corrected chi connectivity index (χ2v) is 12.0. The third kappa shape index (κ3) is 4.43. The highest BCUT2D eigenvalue weighted by atomic mass is 35.5. The number of carbonyl (C=O) groups excluding carboxylic acids is 1. The summed E-state index contributed by atoms with van der Waals surface area (Å²) in [4.78, 5) is 27.8. The SMILES string of the molecule is CN1Cc2c(n(-c3ccc(NC(=O)NS(=O)(=O)c4cc(Cl)c(Cl)s4)cc3)c(=O)c3ccccc23)C1. The molecule has 0 fully saturated rings. The lowest BCUT2D eigenvalue weighted by molar-refractivity contribution is 0.256. The Morgan fingerprint density at radius 1 is 1.03 bits per heavy atom. The molecule has 2 aromatic carbocycles. The minimum Gasteiger partial charge on any atom is -0.307 e. The van der Waals surface area contributed by atoms with Gasteiger partial charge in [0.25, 0.3) is 15.6 Å². The topological polar surface area (TPSA) is 101 Å². The summed E-state index contributed by atoms with van der Waals surface area (Å²) in [7, 11) is -2.13. The van der Waals surface area contributed by atoms with E-state index in [1.807, 2.05) is 36.0 Å². The van der Waals surface area contributed by atoms with Crippen LogP contribution in [0.3, 0.4) is 0 Å². The standard InChI is InChI=1S/C23H18Cl2N4O4S2/c1-28-11-17-15-4-2-3-5-16(15)22(30)29(19(17)12-28)14-8-6-13(7-9-14)26-23(31)27-35(32,33)20-10-18(24)21(25)34-20/h2-10H,11-12H2,1H3,(H2,26,27,31). The van der Waals surface area contributed by atoms with E-state index in [2.05, 4.69) is 10.2 Å². The molecular formula is C23H18Cl2N4O4S2. The van der Waals surface area contributed by atoms with Gasteiger partial charge in [-0.2, -0.15) is 0 Å². The average molecular weight is 549 g/mol. The Kier molecular flexibility index (Phi) is 6.10. The lowest BCUT2D eigenvalue weighted by Crippen LogP contribution is -2.33. The molecule has 0 saturated carbocycles. The number of hydrogen-bond acceptors (Lipinski definition) is 6. The van der Waals surface area contributed by atoms with Crippen LogP contribution in [0.15, 0.2) is 63.6 Å². The summed E-state index contributed by atoms with van der Waals surface area (Å²) in [6.45, 7) is 1.37. The van der Waals surface area contributed by atoms with Gasteiger partial charge in [-0.25, -0.2) is 17.9 Å². The van der Waals surface area contributed by atoms with Crippen molar-refractivity contribution in [3.8, 4) is 5.69 Å². The van der Waals surface area contributed by atoms with E-state index in [9.17, 15) is 18.0 Å². The summed E-state index contributed by atoms with van der Waals surface area (Å²) in [5.74, 6) is 0. The molecule has 180 valence electrons. The van der Waals surface area contributed by atoms with Crippen molar-refractivity contribution in [1.29, 1.82) is 0 Å². The fraction of sp³-hybridized carbons (Fsp3) is 0.130. The van der Waals surface area contributed by atoms with Gasteiger partial charge < -0.3 is 5.32 Å². The highest BCUT2D eigenvalue weighted by Gasteiger charge is 2.25. The number of benzene rings is 2. The summed E-state index contributed by atoms with van der Waals surface area (Å²) >= 11 is 12.4. The van der Waals surface area contributed by atoms with Crippen molar-refractivity contribution >= 4 is 67.1 Å². The number of thiophene rings is 1. The first kappa shape index (κ1) is 23.8.